The van der Waals surface area contributed by atoms with Crippen molar-refractivity contribution in [2.45, 2.75) is 46.1 Å². The smallest absolute Gasteiger partial charge is 0.167 e. The van der Waals surface area contributed by atoms with Gasteiger partial charge in [0.25, 0.3) is 0 Å². The van der Waals surface area contributed by atoms with Gasteiger partial charge in [-0.2, -0.15) is 10.4 Å². The van der Waals surface area contributed by atoms with Crippen LogP contribution >= 0.6 is 0 Å². The van der Waals surface area contributed by atoms with E-state index in [0.717, 1.165) is 11.3 Å². The zero-order chi connectivity index (χ0) is 12.4. The summed E-state index contributed by atoms with van der Waals surface area (Å²) in [7, 11) is 0. The Morgan fingerprint density at radius 1 is 1.35 bits per heavy atom. The van der Waals surface area contributed by atoms with Crippen LogP contribution in [0.3, 0.4) is 0 Å². The van der Waals surface area contributed by atoms with Crippen LogP contribution in [-0.4, -0.2) is 16.2 Å². The third-order valence-corrected chi connectivity index (χ3v) is 3.79. The van der Waals surface area contributed by atoms with E-state index < -0.39 is 0 Å². The predicted molar refractivity (Wildman–Crippen MR) is 66.6 cm³/mol. The van der Waals surface area contributed by atoms with Gasteiger partial charge in [0.15, 0.2) is 5.82 Å². The normalized spacial score (nSPS) is 17.1. The van der Waals surface area contributed by atoms with Crippen LogP contribution in [0.5, 0.6) is 0 Å². The van der Waals surface area contributed by atoms with Crippen molar-refractivity contribution in [2.24, 2.45) is 5.92 Å². The molecule has 1 aliphatic carbocycles. The maximum Gasteiger partial charge on any atom is 0.167 e. The zero-order valence-electron chi connectivity index (χ0n) is 10.6. The van der Waals surface area contributed by atoms with Gasteiger partial charge in [0.2, 0.25) is 0 Å². The number of nitrogens with one attached hydrogen (secondary N) is 1. The molecule has 1 atom stereocenters. The summed E-state index contributed by atoms with van der Waals surface area (Å²) >= 11 is 0. The Kier molecular flexibility index (Phi) is 3.28. The summed E-state index contributed by atoms with van der Waals surface area (Å²) in [5.41, 5.74) is 2.37. The first-order valence-corrected chi connectivity index (χ1v) is 6.14. The maximum atomic E-state index is 9.19. The van der Waals surface area contributed by atoms with E-state index in [0.29, 0.717) is 23.3 Å². The first-order chi connectivity index (χ1) is 8.13. The second kappa shape index (κ2) is 4.70. The van der Waals surface area contributed by atoms with Crippen molar-refractivity contribution in [3.8, 4) is 6.07 Å². The van der Waals surface area contributed by atoms with Crippen LogP contribution in [0.15, 0.2) is 0 Å². The van der Waals surface area contributed by atoms with Crippen molar-refractivity contribution in [2.75, 3.05) is 5.32 Å². The highest BCUT2D eigenvalue weighted by atomic mass is 15.2. The molecule has 17 heavy (non-hydrogen) atoms. The van der Waals surface area contributed by atoms with E-state index in [2.05, 4.69) is 28.5 Å². The molecule has 1 aromatic heterocycles. The first kappa shape index (κ1) is 11.8. The van der Waals surface area contributed by atoms with Crippen molar-refractivity contribution in [3.63, 3.8) is 0 Å². The SMILES string of the molecule is Cc1nnc(NC(C)C2CCC2)c(C#N)c1C. The minimum absolute atomic E-state index is 0.368. The largest absolute Gasteiger partial charge is 0.365 e. The highest BCUT2D eigenvalue weighted by molar-refractivity contribution is 5.56. The molecule has 1 saturated carbocycles. The number of aryl methyl sites for hydroxylation is 1. The number of nitriles is 1. The Labute approximate surface area is 102 Å². The van der Waals surface area contributed by atoms with Crippen LogP contribution in [0.4, 0.5) is 5.82 Å². The number of hydrogen-bond donors (Lipinski definition) is 1. The number of anilines is 1. The molecule has 4 heteroatoms. The van der Waals surface area contributed by atoms with Crippen molar-refractivity contribution in [3.05, 3.63) is 16.8 Å². The van der Waals surface area contributed by atoms with Crippen molar-refractivity contribution >= 4 is 5.82 Å². The fourth-order valence-electron chi connectivity index (χ4n) is 2.12. The molecule has 1 aromatic rings. The monoisotopic (exact) mass is 230 g/mol. The molecule has 1 heterocycles. The molecule has 1 unspecified atom stereocenters. The Morgan fingerprint density at radius 2 is 2.06 bits per heavy atom. The standard InChI is InChI=1S/C13H18N4/c1-8-9(2)16-17-13(12(8)7-14)15-10(3)11-5-4-6-11/h10-11H,4-6H2,1-3H3,(H,15,17). The third kappa shape index (κ3) is 2.23. The van der Waals surface area contributed by atoms with E-state index >= 15 is 0 Å². The molecule has 0 bridgehead atoms. The van der Waals surface area contributed by atoms with Gasteiger partial charge in [-0.15, -0.1) is 5.10 Å². The molecule has 0 radical (unpaired) electrons. The molecular weight excluding hydrogens is 212 g/mol. The molecule has 0 spiro atoms. The van der Waals surface area contributed by atoms with Crippen LogP contribution in [0.25, 0.3) is 0 Å². The predicted octanol–water partition coefficient (Wildman–Crippen LogP) is 2.57. The lowest BCUT2D eigenvalue weighted by Gasteiger charge is -2.32. The molecule has 0 aromatic carbocycles. The van der Waals surface area contributed by atoms with Gasteiger partial charge in [-0.1, -0.05) is 6.42 Å². The van der Waals surface area contributed by atoms with E-state index in [9.17, 15) is 5.26 Å². The molecule has 0 saturated heterocycles. The summed E-state index contributed by atoms with van der Waals surface area (Å²) in [6.45, 7) is 5.95. The lowest BCUT2D eigenvalue weighted by molar-refractivity contribution is 0.284. The number of hydrogen-bond acceptors (Lipinski definition) is 4. The third-order valence-electron chi connectivity index (χ3n) is 3.79. The summed E-state index contributed by atoms with van der Waals surface area (Å²) < 4.78 is 0. The summed E-state index contributed by atoms with van der Waals surface area (Å²) in [4.78, 5) is 0. The number of nitrogens with zero attached hydrogens (tertiary/aromatic N) is 3. The Balaban J connectivity index is 2.20. The topological polar surface area (TPSA) is 61.6 Å². The fraction of sp³-hybridized carbons (Fsp3) is 0.615. The van der Waals surface area contributed by atoms with E-state index in [1.54, 1.807) is 0 Å². The van der Waals surface area contributed by atoms with E-state index in [1.165, 1.54) is 19.3 Å². The molecule has 2 rings (SSSR count). The summed E-state index contributed by atoms with van der Waals surface area (Å²) in [5.74, 6) is 1.35. The molecule has 0 aliphatic heterocycles. The number of aromatic nitrogens is 2. The average Bonchev–Trinajstić information content (AvgIpc) is 2.21. The van der Waals surface area contributed by atoms with Crippen LogP contribution < -0.4 is 5.32 Å². The Hall–Kier alpha value is -1.63. The van der Waals surface area contributed by atoms with E-state index in [1.807, 2.05) is 13.8 Å². The molecule has 4 nitrogen and oxygen atoms in total. The second-order valence-corrected chi connectivity index (χ2v) is 4.87. The molecule has 90 valence electrons. The van der Waals surface area contributed by atoms with Gasteiger partial charge in [0.05, 0.1) is 5.69 Å². The Bertz CT molecular complexity index is 457. The highest BCUT2D eigenvalue weighted by Crippen LogP contribution is 2.31. The molecular formula is C13H18N4. The molecule has 1 fully saturated rings. The van der Waals surface area contributed by atoms with Crippen molar-refractivity contribution in [1.82, 2.24) is 10.2 Å². The van der Waals surface area contributed by atoms with Gasteiger partial charge in [-0.25, -0.2) is 0 Å². The fourth-order valence-corrected chi connectivity index (χ4v) is 2.12. The highest BCUT2D eigenvalue weighted by Gasteiger charge is 2.25. The van der Waals surface area contributed by atoms with Gasteiger partial charge in [0.1, 0.15) is 11.6 Å². The van der Waals surface area contributed by atoms with E-state index in [4.69, 9.17) is 0 Å². The zero-order valence-corrected chi connectivity index (χ0v) is 10.6. The molecule has 1 aliphatic rings. The van der Waals surface area contributed by atoms with Gasteiger partial charge in [0, 0.05) is 6.04 Å². The lowest BCUT2D eigenvalue weighted by atomic mass is 9.80. The van der Waals surface area contributed by atoms with E-state index in [-0.39, 0.29) is 0 Å². The Morgan fingerprint density at radius 3 is 2.59 bits per heavy atom. The summed E-state index contributed by atoms with van der Waals surface area (Å²) in [6, 6.07) is 2.59. The van der Waals surface area contributed by atoms with Crippen LogP contribution in [-0.2, 0) is 0 Å². The van der Waals surface area contributed by atoms with Gasteiger partial charge < -0.3 is 5.32 Å². The van der Waals surface area contributed by atoms with Crippen LogP contribution in [0, 0.1) is 31.1 Å². The average molecular weight is 230 g/mol. The quantitative estimate of drug-likeness (QED) is 0.866. The second-order valence-electron chi connectivity index (χ2n) is 4.87. The maximum absolute atomic E-state index is 9.19. The van der Waals surface area contributed by atoms with Crippen LogP contribution in [0.2, 0.25) is 0 Å². The van der Waals surface area contributed by atoms with Crippen molar-refractivity contribution < 1.29 is 0 Å². The minimum Gasteiger partial charge on any atom is -0.365 e. The first-order valence-electron chi connectivity index (χ1n) is 6.14. The molecule has 1 N–H and O–H groups in total. The van der Waals surface area contributed by atoms with Crippen molar-refractivity contribution in [1.29, 1.82) is 5.26 Å². The minimum atomic E-state index is 0.368. The molecule has 0 amide bonds. The van der Waals surface area contributed by atoms with Gasteiger partial charge >= 0.3 is 0 Å². The van der Waals surface area contributed by atoms with Gasteiger partial charge in [-0.05, 0) is 45.1 Å². The lowest BCUT2D eigenvalue weighted by Crippen LogP contribution is -2.31. The summed E-state index contributed by atoms with van der Waals surface area (Å²) in [6.07, 6.45) is 3.86. The summed E-state index contributed by atoms with van der Waals surface area (Å²) in [5, 5.41) is 20.7. The van der Waals surface area contributed by atoms with Crippen LogP contribution in [0.1, 0.15) is 43.0 Å². The number of rotatable bonds is 3. The van der Waals surface area contributed by atoms with Gasteiger partial charge in [-0.3, -0.25) is 0 Å².